The van der Waals surface area contributed by atoms with Gasteiger partial charge in [-0.1, -0.05) is 30.3 Å². The van der Waals surface area contributed by atoms with Gasteiger partial charge in [-0.05, 0) is 49.4 Å². The molecule has 1 N–H and O–H groups in total. The maximum Gasteiger partial charge on any atom is 0.265 e. The fourth-order valence-electron chi connectivity index (χ4n) is 2.93. The second-order valence-electron chi connectivity index (χ2n) is 6.46. The Morgan fingerprint density at radius 1 is 1.03 bits per heavy atom. The van der Waals surface area contributed by atoms with Crippen LogP contribution in [-0.4, -0.2) is 24.1 Å². The molecule has 0 aliphatic carbocycles. The summed E-state index contributed by atoms with van der Waals surface area (Å²) in [6, 6.07) is 22.1. The van der Waals surface area contributed by atoms with Gasteiger partial charge < -0.3 is 19.2 Å². The average molecular weight is 388 g/mol. The van der Waals surface area contributed by atoms with Crippen molar-refractivity contribution in [2.45, 2.75) is 13.0 Å². The van der Waals surface area contributed by atoms with Crippen LogP contribution in [0.5, 0.6) is 11.5 Å². The number of methoxy groups -OCH3 is 1. The summed E-state index contributed by atoms with van der Waals surface area (Å²) in [5.74, 6) is 1.34. The van der Waals surface area contributed by atoms with Crippen LogP contribution in [0, 0.1) is 0 Å². The van der Waals surface area contributed by atoms with Crippen molar-refractivity contribution in [3.8, 4) is 23.0 Å². The van der Waals surface area contributed by atoms with Crippen molar-refractivity contribution in [2.75, 3.05) is 12.4 Å². The van der Waals surface area contributed by atoms with Gasteiger partial charge in [-0.15, -0.1) is 0 Å². The molecule has 1 amide bonds. The predicted octanol–water partition coefficient (Wildman–Crippen LogP) is 4.91. The Morgan fingerprint density at radius 3 is 2.55 bits per heavy atom. The molecule has 29 heavy (non-hydrogen) atoms. The van der Waals surface area contributed by atoms with E-state index in [2.05, 4.69) is 10.3 Å². The number of hydrogen-bond donors (Lipinski definition) is 1. The third-order valence-corrected chi connectivity index (χ3v) is 4.42. The van der Waals surface area contributed by atoms with Crippen LogP contribution in [0.25, 0.3) is 22.6 Å². The van der Waals surface area contributed by atoms with Gasteiger partial charge in [-0.2, -0.15) is 0 Å². The van der Waals surface area contributed by atoms with Crippen LogP contribution < -0.4 is 14.8 Å². The van der Waals surface area contributed by atoms with Gasteiger partial charge in [0.1, 0.15) is 17.0 Å². The van der Waals surface area contributed by atoms with E-state index < -0.39 is 6.10 Å². The third-order valence-electron chi connectivity index (χ3n) is 4.42. The zero-order chi connectivity index (χ0) is 20.2. The number of para-hydroxylation sites is 3. The maximum absolute atomic E-state index is 12.6. The Hall–Kier alpha value is -3.80. The van der Waals surface area contributed by atoms with Crippen LogP contribution in [0.3, 0.4) is 0 Å². The number of carbonyl (C=O) groups is 1. The van der Waals surface area contributed by atoms with Crippen molar-refractivity contribution in [3.05, 3.63) is 72.8 Å². The van der Waals surface area contributed by atoms with Gasteiger partial charge in [-0.25, -0.2) is 4.98 Å². The van der Waals surface area contributed by atoms with Crippen molar-refractivity contribution in [1.29, 1.82) is 0 Å². The van der Waals surface area contributed by atoms with E-state index in [0.717, 1.165) is 11.1 Å². The van der Waals surface area contributed by atoms with Crippen molar-refractivity contribution < 1.29 is 18.7 Å². The minimum Gasteiger partial charge on any atom is -0.495 e. The standard InChI is InChI=1S/C23H20N2O4/c1-15(28-17-8-4-3-5-9-17)22(26)24-19-14-16(12-13-20(19)27-2)23-25-18-10-6-7-11-21(18)29-23/h3-15H,1-2H3,(H,24,26)/t15-/m0/s1. The number of anilines is 1. The van der Waals surface area contributed by atoms with E-state index in [9.17, 15) is 4.79 Å². The number of rotatable bonds is 6. The van der Waals surface area contributed by atoms with Gasteiger partial charge >= 0.3 is 0 Å². The summed E-state index contributed by atoms with van der Waals surface area (Å²) in [5.41, 5.74) is 2.72. The molecule has 0 aliphatic rings. The lowest BCUT2D eigenvalue weighted by molar-refractivity contribution is -0.122. The minimum atomic E-state index is -0.685. The molecule has 0 aliphatic heterocycles. The summed E-state index contributed by atoms with van der Waals surface area (Å²) in [4.78, 5) is 17.1. The molecule has 146 valence electrons. The smallest absolute Gasteiger partial charge is 0.265 e. The Morgan fingerprint density at radius 2 is 1.79 bits per heavy atom. The molecule has 0 saturated carbocycles. The molecule has 0 radical (unpaired) electrons. The highest BCUT2D eigenvalue weighted by atomic mass is 16.5. The fraction of sp³-hybridized carbons (Fsp3) is 0.130. The highest BCUT2D eigenvalue weighted by Gasteiger charge is 2.18. The summed E-state index contributed by atoms with van der Waals surface area (Å²) in [5, 5.41) is 2.87. The number of nitrogens with one attached hydrogen (secondary N) is 1. The quantitative estimate of drug-likeness (QED) is 0.508. The molecule has 1 heterocycles. The number of hydrogen-bond acceptors (Lipinski definition) is 5. The molecular weight excluding hydrogens is 368 g/mol. The molecular formula is C23H20N2O4. The largest absolute Gasteiger partial charge is 0.495 e. The summed E-state index contributed by atoms with van der Waals surface area (Å²) in [6.07, 6.45) is -0.685. The lowest BCUT2D eigenvalue weighted by Gasteiger charge is -2.16. The Bertz CT molecular complexity index is 1110. The topological polar surface area (TPSA) is 73.6 Å². The summed E-state index contributed by atoms with van der Waals surface area (Å²) < 4.78 is 16.9. The number of ether oxygens (including phenoxy) is 2. The summed E-state index contributed by atoms with van der Waals surface area (Å²) in [6.45, 7) is 1.69. The van der Waals surface area contributed by atoms with E-state index in [1.807, 2.05) is 48.5 Å². The number of amides is 1. The van der Waals surface area contributed by atoms with Gasteiger partial charge in [-0.3, -0.25) is 4.79 Å². The number of benzene rings is 3. The van der Waals surface area contributed by atoms with Crippen molar-refractivity contribution >= 4 is 22.7 Å². The minimum absolute atomic E-state index is 0.290. The first-order chi connectivity index (χ1) is 14.1. The molecule has 1 aromatic heterocycles. The van der Waals surface area contributed by atoms with Gasteiger partial charge in [0.2, 0.25) is 5.89 Å². The first kappa shape index (κ1) is 18.6. The van der Waals surface area contributed by atoms with E-state index in [1.54, 1.807) is 38.3 Å². The lowest BCUT2D eigenvalue weighted by atomic mass is 10.1. The van der Waals surface area contributed by atoms with Gasteiger partial charge in [0.15, 0.2) is 11.7 Å². The third kappa shape index (κ3) is 4.06. The Balaban J connectivity index is 1.57. The predicted molar refractivity (Wildman–Crippen MR) is 111 cm³/mol. The molecule has 4 aromatic rings. The van der Waals surface area contributed by atoms with E-state index in [1.165, 1.54) is 0 Å². The van der Waals surface area contributed by atoms with Crippen LogP contribution in [0.2, 0.25) is 0 Å². The van der Waals surface area contributed by atoms with Crippen LogP contribution in [0.4, 0.5) is 5.69 Å². The number of oxazole rings is 1. The number of fused-ring (bicyclic) bond motifs is 1. The maximum atomic E-state index is 12.6. The second-order valence-corrected chi connectivity index (χ2v) is 6.46. The second kappa shape index (κ2) is 8.06. The SMILES string of the molecule is COc1ccc(-c2nc3ccccc3o2)cc1NC(=O)[C@H](C)Oc1ccccc1. The molecule has 0 unspecified atom stereocenters. The van der Waals surface area contributed by atoms with E-state index in [-0.39, 0.29) is 5.91 Å². The summed E-state index contributed by atoms with van der Waals surface area (Å²) in [7, 11) is 1.55. The first-order valence-corrected chi connectivity index (χ1v) is 9.20. The lowest BCUT2D eigenvalue weighted by Crippen LogP contribution is -2.30. The molecule has 4 rings (SSSR count). The van der Waals surface area contributed by atoms with Gasteiger partial charge in [0.05, 0.1) is 12.8 Å². The number of carbonyl (C=O) groups excluding carboxylic acids is 1. The molecule has 1 atom stereocenters. The van der Waals surface area contributed by atoms with E-state index >= 15 is 0 Å². The molecule has 0 saturated heterocycles. The highest BCUT2D eigenvalue weighted by Crippen LogP contribution is 2.32. The zero-order valence-corrected chi connectivity index (χ0v) is 16.1. The van der Waals surface area contributed by atoms with Crippen molar-refractivity contribution in [1.82, 2.24) is 4.98 Å². The van der Waals surface area contributed by atoms with Crippen molar-refractivity contribution in [2.24, 2.45) is 0 Å². The number of nitrogens with zero attached hydrogens (tertiary/aromatic N) is 1. The van der Waals surface area contributed by atoms with Gasteiger partial charge in [0, 0.05) is 5.56 Å². The van der Waals surface area contributed by atoms with Crippen LogP contribution in [0.1, 0.15) is 6.92 Å². The molecule has 6 heteroatoms. The molecule has 0 bridgehead atoms. The van der Waals surface area contributed by atoms with Crippen molar-refractivity contribution in [3.63, 3.8) is 0 Å². The van der Waals surface area contributed by atoms with Crippen LogP contribution in [-0.2, 0) is 4.79 Å². The molecule has 0 fully saturated rings. The number of aromatic nitrogens is 1. The Kier molecular flexibility index (Phi) is 5.16. The molecule has 6 nitrogen and oxygen atoms in total. The van der Waals surface area contributed by atoms with E-state index in [4.69, 9.17) is 13.9 Å². The van der Waals surface area contributed by atoms with Gasteiger partial charge in [0.25, 0.3) is 5.91 Å². The molecule has 3 aromatic carbocycles. The molecule has 0 spiro atoms. The fourth-order valence-corrected chi connectivity index (χ4v) is 2.93. The Labute approximate surface area is 168 Å². The normalized spacial score (nSPS) is 11.8. The monoisotopic (exact) mass is 388 g/mol. The van der Waals surface area contributed by atoms with Crippen LogP contribution >= 0.6 is 0 Å². The van der Waals surface area contributed by atoms with E-state index in [0.29, 0.717) is 28.7 Å². The average Bonchev–Trinajstić information content (AvgIpc) is 3.18. The summed E-state index contributed by atoms with van der Waals surface area (Å²) >= 11 is 0. The zero-order valence-electron chi connectivity index (χ0n) is 16.1. The van der Waals surface area contributed by atoms with Crippen LogP contribution in [0.15, 0.2) is 77.2 Å². The first-order valence-electron chi connectivity index (χ1n) is 9.20. The highest BCUT2D eigenvalue weighted by molar-refractivity contribution is 5.96.